The predicted molar refractivity (Wildman–Crippen MR) is 69.2 cm³/mol. The van der Waals surface area contributed by atoms with Gasteiger partial charge in [0.05, 0.1) is 6.10 Å². The average Bonchev–Trinajstić information content (AvgIpc) is 3.28. The number of piperidine rings is 1. The second-order valence-electron chi connectivity index (χ2n) is 6.17. The standard InChI is InChI=1S/C14H24N2O2/c17-13(9-18-12-3-7-15-8-4-12)16-10-14(5-6-14)11-1-2-11/h11-12,15H,1-10H2,(H,16,17). The minimum absolute atomic E-state index is 0.0699. The van der Waals surface area contributed by atoms with Crippen molar-refractivity contribution in [3.63, 3.8) is 0 Å². The molecule has 4 heteroatoms. The summed E-state index contributed by atoms with van der Waals surface area (Å²) in [5.41, 5.74) is 0.490. The number of ether oxygens (including phenoxy) is 1. The summed E-state index contributed by atoms with van der Waals surface area (Å²) in [7, 11) is 0. The molecule has 1 heterocycles. The smallest absolute Gasteiger partial charge is 0.246 e. The molecule has 0 unspecified atom stereocenters. The van der Waals surface area contributed by atoms with E-state index in [4.69, 9.17) is 4.74 Å². The van der Waals surface area contributed by atoms with E-state index in [0.717, 1.165) is 38.4 Å². The summed E-state index contributed by atoms with van der Waals surface area (Å²) in [5.74, 6) is 0.976. The maximum atomic E-state index is 11.8. The SMILES string of the molecule is O=C(COC1CCNCC1)NCC1(C2CC2)CC1. The highest BCUT2D eigenvalue weighted by Gasteiger charge is 2.53. The fourth-order valence-electron chi connectivity index (χ4n) is 3.07. The summed E-state index contributed by atoms with van der Waals surface area (Å²) < 4.78 is 5.65. The first-order valence-corrected chi connectivity index (χ1v) is 7.38. The second kappa shape index (κ2) is 5.17. The first kappa shape index (κ1) is 12.4. The van der Waals surface area contributed by atoms with Crippen LogP contribution in [0.1, 0.15) is 38.5 Å². The van der Waals surface area contributed by atoms with Gasteiger partial charge in [-0.05, 0) is 62.9 Å². The first-order chi connectivity index (χ1) is 8.78. The largest absolute Gasteiger partial charge is 0.368 e. The summed E-state index contributed by atoms with van der Waals surface area (Å²) in [6.07, 6.45) is 7.71. The Morgan fingerprint density at radius 3 is 2.56 bits per heavy atom. The van der Waals surface area contributed by atoms with Gasteiger partial charge < -0.3 is 15.4 Å². The maximum absolute atomic E-state index is 11.8. The third kappa shape index (κ3) is 3.04. The summed E-state index contributed by atoms with van der Waals surface area (Å²) in [5, 5.41) is 6.36. The van der Waals surface area contributed by atoms with E-state index in [9.17, 15) is 4.79 Å². The normalized spacial score (nSPS) is 26.9. The molecule has 0 atom stereocenters. The number of hydrogen-bond acceptors (Lipinski definition) is 3. The van der Waals surface area contributed by atoms with Crippen molar-refractivity contribution in [2.24, 2.45) is 11.3 Å². The van der Waals surface area contributed by atoms with E-state index < -0.39 is 0 Å². The lowest BCUT2D eigenvalue weighted by atomic mass is 10.0. The number of nitrogens with one attached hydrogen (secondary N) is 2. The lowest BCUT2D eigenvalue weighted by Crippen LogP contribution is -2.37. The van der Waals surface area contributed by atoms with Crippen LogP contribution in [0, 0.1) is 11.3 Å². The Morgan fingerprint density at radius 1 is 1.22 bits per heavy atom. The van der Waals surface area contributed by atoms with Crippen LogP contribution in [0.4, 0.5) is 0 Å². The van der Waals surface area contributed by atoms with Gasteiger partial charge in [-0.1, -0.05) is 0 Å². The van der Waals surface area contributed by atoms with E-state index in [1.54, 1.807) is 0 Å². The molecule has 18 heavy (non-hydrogen) atoms. The van der Waals surface area contributed by atoms with Crippen molar-refractivity contribution >= 4 is 5.91 Å². The summed E-state index contributed by atoms with van der Waals surface area (Å²) in [6.45, 7) is 3.14. The van der Waals surface area contributed by atoms with Gasteiger partial charge in [0.2, 0.25) is 5.91 Å². The molecule has 2 saturated carbocycles. The highest BCUT2D eigenvalue weighted by molar-refractivity contribution is 5.77. The molecule has 2 aliphatic carbocycles. The van der Waals surface area contributed by atoms with Crippen molar-refractivity contribution in [1.29, 1.82) is 0 Å². The van der Waals surface area contributed by atoms with Crippen LogP contribution in [-0.4, -0.2) is 38.3 Å². The molecular weight excluding hydrogens is 228 g/mol. The maximum Gasteiger partial charge on any atom is 0.246 e. The highest BCUT2D eigenvalue weighted by Crippen LogP contribution is 2.60. The highest BCUT2D eigenvalue weighted by atomic mass is 16.5. The van der Waals surface area contributed by atoms with Gasteiger partial charge in [0, 0.05) is 6.54 Å². The van der Waals surface area contributed by atoms with Crippen LogP contribution in [0.15, 0.2) is 0 Å². The fraction of sp³-hybridized carbons (Fsp3) is 0.929. The van der Waals surface area contributed by atoms with Crippen molar-refractivity contribution in [1.82, 2.24) is 10.6 Å². The number of carbonyl (C=O) groups excluding carboxylic acids is 1. The van der Waals surface area contributed by atoms with Crippen LogP contribution < -0.4 is 10.6 Å². The number of rotatable bonds is 6. The zero-order chi connectivity index (χ0) is 12.4. The predicted octanol–water partition coefficient (Wildman–Crippen LogP) is 1.06. The second-order valence-corrected chi connectivity index (χ2v) is 6.17. The Hall–Kier alpha value is -0.610. The quantitative estimate of drug-likeness (QED) is 0.743. The molecule has 1 saturated heterocycles. The Bertz CT molecular complexity index is 305. The van der Waals surface area contributed by atoms with Crippen molar-refractivity contribution in [2.75, 3.05) is 26.2 Å². The molecule has 3 rings (SSSR count). The van der Waals surface area contributed by atoms with E-state index in [-0.39, 0.29) is 18.6 Å². The monoisotopic (exact) mass is 252 g/mol. The number of amides is 1. The molecule has 3 fully saturated rings. The van der Waals surface area contributed by atoms with E-state index in [1.807, 2.05) is 0 Å². The molecule has 0 bridgehead atoms. The summed E-state index contributed by atoms with van der Waals surface area (Å²) in [4.78, 5) is 11.8. The van der Waals surface area contributed by atoms with Crippen LogP contribution in [0.2, 0.25) is 0 Å². The third-order valence-electron chi connectivity index (χ3n) is 4.71. The van der Waals surface area contributed by atoms with Gasteiger partial charge >= 0.3 is 0 Å². The molecule has 0 aromatic carbocycles. The molecule has 3 aliphatic rings. The third-order valence-corrected chi connectivity index (χ3v) is 4.71. The Kier molecular flexibility index (Phi) is 3.57. The molecule has 1 aliphatic heterocycles. The zero-order valence-corrected chi connectivity index (χ0v) is 11.0. The minimum atomic E-state index is 0.0699. The van der Waals surface area contributed by atoms with Crippen molar-refractivity contribution in [2.45, 2.75) is 44.6 Å². The van der Waals surface area contributed by atoms with Crippen molar-refractivity contribution in [3.8, 4) is 0 Å². The van der Waals surface area contributed by atoms with Crippen LogP contribution in [0.5, 0.6) is 0 Å². The summed E-state index contributed by atoms with van der Waals surface area (Å²) in [6, 6.07) is 0. The van der Waals surface area contributed by atoms with Gasteiger partial charge in [-0.3, -0.25) is 4.79 Å². The van der Waals surface area contributed by atoms with Gasteiger partial charge in [-0.15, -0.1) is 0 Å². The van der Waals surface area contributed by atoms with Gasteiger partial charge in [0.25, 0.3) is 0 Å². The molecule has 4 nitrogen and oxygen atoms in total. The molecule has 0 aromatic rings. The zero-order valence-electron chi connectivity index (χ0n) is 11.0. The topological polar surface area (TPSA) is 50.4 Å². The average molecular weight is 252 g/mol. The van der Waals surface area contributed by atoms with Gasteiger partial charge in [-0.25, -0.2) is 0 Å². The molecule has 102 valence electrons. The first-order valence-electron chi connectivity index (χ1n) is 7.38. The molecule has 0 aromatic heterocycles. The number of carbonyl (C=O) groups is 1. The Balaban J connectivity index is 1.32. The van der Waals surface area contributed by atoms with E-state index in [2.05, 4.69) is 10.6 Å². The molecule has 1 amide bonds. The molecular formula is C14H24N2O2. The summed E-state index contributed by atoms with van der Waals surface area (Å²) >= 11 is 0. The van der Waals surface area contributed by atoms with Crippen molar-refractivity contribution in [3.05, 3.63) is 0 Å². The van der Waals surface area contributed by atoms with Gasteiger partial charge in [0.1, 0.15) is 6.61 Å². The molecule has 0 spiro atoms. The molecule has 2 N–H and O–H groups in total. The number of hydrogen-bond donors (Lipinski definition) is 2. The lowest BCUT2D eigenvalue weighted by molar-refractivity contribution is -0.128. The lowest BCUT2D eigenvalue weighted by Gasteiger charge is -2.23. The van der Waals surface area contributed by atoms with E-state index >= 15 is 0 Å². The van der Waals surface area contributed by atoms with Crippen LogP contribution >= 0.6 is 0 Å². The van der Waals surface area contributed by atoms with Crippen LogP contribution in [0.25, 0.3) is 0 Å². The van der Waals surface area contributed by atoms with E-state index in [0.29, 0.717) is 5.41 Å². The van der Waals surface area contributed by atoms with Crippen LogP contribution in [0.3, 0.4) is 0 Å². The van der Waals surface area contributed by atoms with Crippen LogP contribution in [-0.2, 0) is 9.53 Å². The molecule has 0 radical (unpaired) electrons. The Labute approximate surface area is 109 Å². The van der Waals surface area contributed by atoms with Gasteiger partial charge in [0.15, 0.2) is 0 Å². The van der Waals surface area contributed by atoms with E-state index in [1.165, 1.54) is 25.7 Å². The van der Waals surface area contributed by atoms with Crippen molar-refractivity contribution < 1.29 is 9.53 Å². The fourth-order valence-corrected chi connectivity index (χ4v) is 3.07. The Morgan fingerprint density at radius 2 is 1.94 bits per heavy atom. The van der Waals surface area contributed by atoms with Gasteiger partial charge in [-0.2, -0.15) is 0 Å². The minimum Gasteiger partial charge on any atom is -0.368 e.